The van der Waals surface area contributed by atoms with Crippen molar-refractivity contribution >= 4 is 21.9 Å². The lowest BCUT2D eigenvalue weighted by Gasteiger charge is -2.32. The van der Waals surface area contributed by atoms with Crippen LogP contribution in [0.3, 0.4) is 0 Å². The van der Waals surface area contributed by atoms with E-state index in [9.17, 15) is 22.4 Å². The molecule has 2 rings (SSSR count). The Balaban J connectivity index is 2.20. The van der Waals surface area contributed by atoms with Crippen LogP contribution in [0.15, 0.2) is 0 Å². The predicted molar refractivity (Wildman–Crippen MR) is 76.4 cm³/mol. The first-order valence-corrected chi connectivity index (χ1v) is 8.90. The summed E-state index contributed by atoms with van der Waals surface area (Å²) in [6.07, 6.45) is 0.187. The number of carboxylic acid groups (broad SMARTS) is 1. The van der Waals surface area contributed by atoms with Crippen LogP contribution in [0.4, 0.5) is 4.39 Å². The van der Waals surface area contributed by atoms with Crippen molar-refractivity contribution in [3.05, 3.63) is 0 Å². The Kier molecular flexibility index (Phi) is 4.49. The Morgan fingerprint density at radius 2 is 1.91 bits per heavy atom. The van der Waals surface area contributed by atoms with E-state index in [1.54, 1.807) is 13.8 Å². The van der Waals surface area contributed by atoms with Crippen LogP contribution < -0.4 is 0 Å². The highest BCUT2D eigenvalue weighted by Crippen LogP contribution is 2.29. The number of carbonyl (C=O) groups excluding carboxylic acids is 1. The van der Waals surface area contributed by atoms with Gasteiger partial charge in [0.25, 0.3) is 0 Å². The molecule has 1 amide bonds. The molecule has 0 aliphatic carbocycles. The zero-order valence-corrected chi connectivity index (χ0v) is 13.5. The summed E-state index contributed by atoms with van der Waals surface area (Å²) in [7, 11) is -3.48. The first-order valence-electron chi connectivity index (χ1n) is 7.29. The first kappa shape index (κ1) is 17.1. The maximum absolute atomic E-state index is 14.1. The fraction of sp³-hybridized carbons (Fsp3) is 0.846. The summed E-state index contributed by atoms with van der Waals surface area (Å²) < 4.78 is 39.4. The Morgan fingerprint density at radius 3 is 2.32 bits per heavy atom. The molecule has 0 radical (unpaired) electrons. The molecule has 2 fully saturated rings. The van der Waals surface area contributed by atoms with Crippen LogP contribution in [-0.2, 0) is 19.6 Å². The quantitative estimate of drug-likeness (QED) is 0.784. The average molecular weight is 336 g/mol. The zero-order chi connectivity index (χ0) is 16.7. The minimum Gasteiger partial charge on any atom is -0.479 e. The van der Waals surface area contributed by atoms with Gasteiger partial charge in [0.05, 0.1) is 12.3 Å². The number of likely N-dealkylation sites (tertiary alicyclic amines) is 1. The maximum Gasteiger partial charge on any atom is 0.343 e. The Bertz CT molecular complexity index is 579. The number of hydrogen-bond acceptors (Lipinski definition) is 4. The second-order valence-electron chi connectivity index (χ2n) is 6.25. The smallest absolute Gasteiger partial charge is 0.343 e. The lowest BCUT2D eigenvalue weighted by atomic mass is 10.0. The number of hydrogen-bond donors (Lipinski definition) is 1. The van der Waals surface area contributed by atoms with Crippen molar-refractivity contribution < 1.29 is 27.5 Å². The molecule has 1 N–H and O–H groups in total. The normalized spacial score (nSPS) is 29.9. The van der Waals surface area contributed by atoms with Gasteiger partial charge in [0, 0.05) is 19.5 Å². The van der Waals surface area contributed by atoms with Gasteiger partial charge >= 0.3 is 5.97 Å². The lowest BCUT2D eigenvalue weighted by molar-refractivity contribution is -0.150. The van der Waals surface area contributed by atoms with E-state index < -0.39 is 40.2 Å². The number of amides is 1. The van der Waals surface area contributed by atoms with Gasteiger partial charge < -0.3 is 10.0 Å². The summed E-state index contributed by atoms with van der Waals surface area (Å²) in [6.45, 7) is 3.18. The number of carboxylic acids is 1. The summed E-state index contributed by atoms with van der Waals surface area (Å²) >= 11 is 0. The molecule has 2 aliphatic rings. The highest BCUT2D eigenvalue weighted by molar-refractivity contribution is 7.89. The van der Waals surface area contributed by atoms with Crippen molar-refractivity contribution in [1.29, 1.82) is 0 Å². The van der Waals surface area contributed by atoms with Crippen LogP contribution in [0.1, 0.15) is 26.7 Å². The third kappa shape index (κ3) is 2.96. The number of sulfonamides is 1. The van der Waals surface area contributed by atoms with E-state index in [1.807, 2.05) is 0 Å². The van der Waals surface area contributed by atoms with Crippen molar-refractivity contribution in [3.63, 3.8) is 0 Å². The van der Waals surface area contributed by atoms with Gasteiger partial charge in [-0.05, 0) is 12.3 Å². The zero-order valence-electron chi connectivity index (χ0n) is 12.7. The second kappa shape index (κ2) is 5.77. The van der Waals surface area contributed by atoms with Gasteiger partial charge in [-0.3, -0.25) is 4.79 Å². The predicted octanol–water partition coefficient (Wildman–Crippen LogP) is 0.0717. The molecule has 0 aromatic carbocycles. The number of aliphatic carboxylic acids is 1. The summed E-state index contributed by atoms with van der Waals surface area (Å²) in [4.78, 5) is 24.7. The molecule has 2 heterocycles. The third-order valence-electron chi connectivity index (χ3n) is 4.25. The minimum absolute atomic E-state index is 0.00563. The molecular weight excluding hydrogens is 315 g/mol. The van der Waals surface area contributed by atoms with Crippen molar-refractivity contribution in [2.45, 2.75) is 38.4 Å². The topological polar surface area (TPSA) is 95.0 Å². The van der Waals surface area contributed by atoms with Gasteiger partial charge in [0.2, 0.25) is 21.6 Å². The van der Waals surface area contributed by atoms with Crippen molar-refractivity contribution in [2.24, 2.45) is 5.92 Å². The number of rotatable bonds is 4. The molecule has 126 valence electrons. The molecule has 0 aromatic rings. The molecule has 22 heavy (non-hydrogen) atoms. The highest BCUT2D eigenvalue weighted by Gasteiger charge is 2.50. The van der Waals surface area contributed by atoms with Crippen LogP contribution >= 0.6 is 0 Å². The van der Waals surface area contributed by atoms with E-state index >= 15 is 0 Å². The fourth-order valence-electron chi connectivity index (χ4n) is 3.03. The number of alkyl halides is 1. The van der Waals surface area contributed by atoms with E-state index in [0.717, 1.165) is 4.90 Å². The molecule has 0 saturated carbocycles. The van der Waals surface area contributed by atoms with Crippen LogP contribution in [0, 0.1) is 5.92 Å². The van der Waals surface area contributed by atoms with Gasteiger partial charge in [0.1, 0.15) is 6.04 Å². The molecule has 7 nitrogen and oxygen atoms in total. The van der Waals surface area contributed by atoms with Crippen LogP contribution in [0.25, 0.3) is 0 Å². The van der Waals surface area contributed by atoms with Crippen LogP contribution in [0.5, 0.6) is 0 Å². The first-order chi connectivity index (χ1) is 10.1. The van der Waals surface area contributed by atoms with Crippen LogP contribution in [0.2, 0.25) is 0 Å². The maximum atomic E-state index is 14.1. The number of nitrogens with zero attached hydrogens (tertiary/aromatic N) is 2. The highest BCUT2D eigenvalue weighted by atomic mass is 32.2. The molecule has 0 aromatic heterocycles. The van der Waals surface area contributed by atoms with E-state index in [2.05, 4.69) is 0 Å². The molecule has 0 spiro atoms. The molecule has 2 atom stereocenters. The molecular formula is C13H21FN2O5S. The third-order valence-corrected chi connectivity index (χ3v) is 6.18. The van der Waals surface area contributed by atoms with Crippen molar-refractivity contribution in [2.75, 3.05) is 25.4 Å². The van der Waals surface area contributed by atoms with Crippen LogP contribution in [-0.4, -0.2) is 71.7 Å². The van der Waals surface area contributed by atoms with Gasteiger partial charge in [-0.15, -0.1) is 0 Å². The lowest BCUT2D eigenvalue weighted by Crippen LogP contribution is -2.52. The standard InChI is InChI=1S/C13H21FN2O5S/c1-9(2)10(16-5-3-7-22(16,20)21)11(17)15-6-4-13(14,8-15)12(18)19/h9-10H,3-8H2,1-2H3,(H,18,19). The van der Waals surface area contributed by atoms with Crippen molar-refractivity contribution in [3.8, 4) is 0 Å². The largest absolute Gasteiger partial charge is 0.479 e. The van der Waals surface area contributed by atoms with Crippen molar-refractivity contribution in [1.82, 2.24) is 9.21 Å². The van der Waals surface area contributed by atoms with Gasteiger partial charge in [-0.2, -0.15) is 4.31 Å². The number of carbonyl (C=O) groups is 2. The van der Waals surface area contributed by atoms with E-state index in [4.69, 9.17) is 5.11 Å². The summed E-state index contributed by atoms with van der Waals surface area (Å²) in [6, 6.07) is -0.899. The molecule has 2 unspecified atom stereocenters. The fourth-order valence-corrected chi connectivity index (χ4v) is 4.85. The van der Waals surface area contributed by atoms with E-state index in [1.165, 1.54) is 4.31 Å². The molecule has 2 saturated heterocycles. The molecule has 2 aliphatic heterocycles. The monoisotopic (exact) mass is 336 g/mol. The Labute approximate surface area is 129 Å². The van der Waals surface area contributed by atoms with E-state index in [0.29, 0.717) is 6.42 Å². The SMILES string of the molecule is CC(C)C(C(=O)N1CCC(F)(C(=O)O)C1)N1CCCS1(=O)=O. The molecule has 9 heteroatoms. The van der Waals surface area contributed by atoms with Gasteiger partial charge in [-0.25, -0.2) is 17.6 Å². The number of halogens is 1. The molecule has 0 bridgehead atoms. The minimum atomic E-state index is -3.48. The van der Waals surface area contributed by atoms with Gasteiger partial charge in [0.15, 0.2) is 0 Å². The average Bonchev–Trinajstić information content (AvgIpc) is 2.94. The second-order valence-corrected chi connectivity index (χ2v) is 8.29. The summed E-state index contributed by atoms with van der Waals surface area (Å²) in [5.41, 5.74) is -2.44. The summed E-state index contributed by atoms with van der Waals surface area (Å²) in [5, 5.41) is 8.90. The van der Waals surface area contributed by atoms with Gasteiger partial charge in [-0.1, -0.05) is 13.8 Å². The Morgan fingerprint density at radius 1 is 1.27 bits per heavy atom. The van der Waals surface area contributed by atoms with E-state index in [-0.39, 0.29) is 31.2 Å². The summed E-state index contributed by atoms with van der Waals surface area (Å²) in [5.74, 6) is -2.37. The Hall–Kier alpha value is -1.22.